The highest BCUT2D eigenvalue weighted by Crippen LogP contribution is 2.60. The lowest BCUT2D eigenvalue weighted by Crippen LogP contribution is -2.62. The maximum absolute atomic E-state index is 14.5. The largest absolute Gasteiger partial charge is 0.496 e. The first kappa shape index (κ1) is 29.8. The van der Waals surface area contributed by atoms with E-state index in [2.05, 4.69) is 21.2 Å². The third-order valence-electron chi connectivity index (χ3n) is 9.16. The zero-order valence-corrected chi connectivity index (χ0v) is 26.1. The number of nitrogens with one attached hydrogen (secondary N) is 1. The zero-order valence-electron chi connectivity index (χ0n) is 24.5. The molecule has 1 aromatic heterocycles. The standard InChI is InChI=1S/C33H31BrN2O4.C2H6/c1-20-28(24-18-22(34)12-13-26(24)35-29(20)21-8-4-3-5-9-21)30(37)36-33-16-14-32(15-17-33,31(38)39)19-25(33)23-10-6-7-11-27(23)40-2;1-2/h3-13,18,25H,14-17,19H2,1-2H3,(H,36,37)(H,38,39);1-2H3. The summed E-state index contributed by atoms with van der Waals surface area (Å²) in [6, 6.07) is 23.5. The van der Waals surface area contributed by atoms with Gasteiger partial charge in [-0.3, -0.25) is 9.59 Å². The lowest BCUT2D eigenvalue weighted by molar-refractivity contribution is -0.157. The van der Waals surface area contributed by atoms with Gasteiger partial charge in [0.25, 0.3) is 5.91 Å². The highest BCUT2D eigenvalue weighted by atomic mass is 79.9. The van der Waals surface area contributed by atoms with E-state index in [0.29, 0.717) is 37.7 Å². The monoisotopic (exact) mass is 628 g/mol. The number of rotatable bonds is 6. The fourth-order valence-corrected chi connectivity index (χ4v) is 7.34. The zero-order chi connectivity index (χ0) is 30.1. The van der Waals surface area contributed by atoms with Gasteiger partial charge in [-0.25, -0.2) is 4.98 Å². The number of carboxylic acid groups (broad SMARTS) is 1. The Morgan fingerprint density at radius 3 is 2.31 bits per heavy atom. The van der Waals surface area contributed by atoms with Crippen molar-refractivity contribution in [3.8, 4) is 17.0 Å². The molecule has 3 aliphatic rings. The molecule has 1 amide bonds. The molecule has 3 aromatic carbocycles. The molecule has 7 rings (SSSR count). The Hall–Kier alpha value is -3.71. The SMILES string of the molecule is CC.COc1ccccc1C1CC2(C(=O)O)CCC1(NC(=O)c1c(C)c(-c3ccccc3)nc3ccc(Br)cc13)CC2. The van der Waals surface area contributed by atoms with Crippen LogP contribution in [0.2, 0.25) is 0 Å². The van der Waals surface area contributed by atoms with Gasteiger partial charge in [-0.15, -0.1) is 0 Å². The first-order valence-corrected chi connectivity index (χ1v) is 15.4. The summed E-state index contributed by atoms with van der Waals surface area (Å²) in [7, 11) is 1.63. The quantitative estimate of drug-likeness (QED) is 0.224. The lowest BCUT2D eigenvalue weighted by Gasteiger charge is -2.56. The van der Waals surface area contributed by atoms with Crippen LogP contribution in [0.15, 0.2) is 77.3 Å². The lowest BCUT2D eigenvalue weighted by atomic mass is 9.51. The minimum absolute atomic E-state index is 0.162. The summed E-state index contributed by atoms with van der Waals surface area (Å²) in [5.74, 6) is -0.389. The van der Waals surface area contributed by atoms with Crippen molar-refractivity contribution >= 4 is 38.7 Å². The summed E-state index contributed by atoms with van der Waals surface area (Å²) < 4.78 is 6.59. The number of benzene rings is 3. The van der Waals surface area contributed by atoms with Crippen LogP contribution in [0.1, 0.15) is 73.4 Å². The molecule has 2 N–H and O–H groups in total. The summed E-state index contributed by atoms with van der Waals surface area (Å²) in [5.41, 5.74) is 3.44. The van der Waals surface area contributed by atoms with Crippen molar-refractivity contribution in [3.05, 3.63) is 94.0 Å². The summed E-state index contributed by atoms with van der Waals surface area (Å²) in [6.07, 6.45) is 2.70. The second kappa shape index (κ2) is 11.9. The number of hydrogen-bond donors (Lipinski definition) is 2. The van der Waals surface area contributed by atoms with Gasteiger partial charge in [-0.05, 0) is 74.4 Å². The van der Waals surface area contributed by atoms with Gasteiger partial charge in [0.05, 0.1) is 29.3 Å². The van der Waals surface area contributed by atoms with Crippen molar-refractivity contribution in [1.29, 1.82) is 0 Å². The Bertz CT molecular complexity index is 1630. The first-order chi connectivity index (χ1) is 20.3. The molecule has 1 unspecified atom stereocenters. The molecule has 0 spiro atoms. The first-order valence-electron chi connectivity index (χ1n) is 14.6. The van der Waals surface area contributed by atoms with E-state index in [1.54, 1.807) is 7.11 Å². The molecule has 1 heterocycles. The van der Waals surface area contributed by atoms with Crippen LogP contribution in [0, 0.1) is 12.3 Å². The topological polar surface area (TPSA) is 88.5 Å². The van der Waals surface area contributed by atoms with Crippen LogP contribution in [0.5, 0.6) is 5.75 Å². The third kappa shape index (κ3) is 5.08. The molecule has 1 atom stereocenters. The van der Waals surface area contributed by atoms with Crippen LogP contribution in [-0.2, 0) is 4.79 Å². The van der Waals surface area contributed by atoms with E-state index in [0.717, 1.165) is 43.5 Å². The van der Waals surface area contributed by atoms with Crippen LogP contribution in [-0.4, -0.2) is 34.6 Å². The van der Waals surface area contributed by atoms with E-state index in [1.807, 2.05) is 93.6 Å². The van der Waals surface area contributed by atoms with Gasteiger partial charge >= 0.3 is 5.97 Å². The number of para-hydroxylation sites is 1. The fourth-order valence-electron chi connectivity index (χ4n) is 6.98. The summed E-state index contributed by atoms with van der Waals surface area (Å²) in [4.78, 5) is 31.9. The Kier molecular flexibility index (Phi) is 8.42. The number of fused-ring (bicyclic) bond motifs is 4. The molecule has 218 valence electrons. The summed E-state index contributed by atoms with van der Waals surface area (Å²) in [5, 5.41) is 14.5. The van der Waals surface area contributed by atoms with E-state index < -0.39 is 16.9 Å². The van der Waals surface area contributed by atoms with Crippen LogP contribution in [0.4, 0.5) is 0 Å². The van der Waals surface area contributed by atoms with Gasteiger partial charge in [0, 0.05) is 26.9 Å². The molecular weight excluding hydrogens is 592 g/mol. The molecule has 0 aliphatic heterocycles. The highest BCUT2D eigenvalue weighted by molar-refractivity contribution is 9.10. The number of pyridine rings is 1. The van der Waals surface area contributed by atoms with E-state index in [9.17, 15) is 14.7 Å². The molecule has 3 aliphatic carbocycles. The molecule has 0 saturated heterocycles. The van der Waals surface area contributed by atoms with Gasteiger partial charge in [0.1, 0.15) is 5.75 Å². The minimum Gasteiger partial charge on any atom is -0.496 e. The normalized spacial score (nSPS) is 22.6. The van der Waals surface area contributed by atoms with Gasteiger partial charge in [-0.2, -0.15) is 0 Å². The Labute approximate surface area is 255 Å². The predicted octanol–water partition coefficient (Wildman–Crippen LogP) is 8.31. The number of halogens is 1. The number of methoxy groups -OCH3 is 1. The Morgan fingerprint density at radius 1 is 0.976 bits per heavy atom. The average molecular weight is 630 g/mol. The molecule has 7 heteroatoms. The molecule has 3 fully saturated rings. The van der Waals surface area contributed by atoms with Crippen molar-refractivity contribution in [1.82, 2.24) is 10.3 Å². The second-order valence-corrected chi connectivity index (χ2v) is 12.1. The number of ether oxygens (including phenoxy) is 1. The highest BCUT2D eigenvalue weighted by Gasteiger charge is 2.59. The number of carbonyl (C=O) groups is 2. The number of amides is 1. The Balaban J connectivity index is 0.00000173. The van der Waals surface area contributed by atoms with Gasteiger partial charge < -0.3 is 15.2 Å². The van der Waals surface area contributed by atoms with Crippen molar-refractivity contribution in [2.75, 3.05) is 7.11 Å². The number of carbonyl (C=O) groups excluding carboxylic acids is 1. The van der Waals surface area contributed by atoms with E-state index in [-0.39, 0.29) is 11.8 Å². The van der Waals surface area contributed by atoms with Crippen LogP contribution >= 0.6 is 15.9 Å². The third-order valence-corrected chi connectivity index (χ3v) is 9.65. The number of aliphatic carboxylic acids is 1. The van der Waals surface area contributed by atoms with Gasteiger partial charge in [0.2, 0.25) is 0 Å². The fraction of sp³-hybridized carbons (Fsp3) is 0.343. The molecular formula is C35H37BrN2O4. The summed E-state index contributed by atoms with van der Waals surface area (Å²) in [6.45, 7) is 5.96. The summed E-state index contributed by atoms with van der Waals surface area (Å²) >= 11 is 3.58. The van der Waals surface area contributed by atoms with Crippen molar-refractivity contribution in [2.45, 2.75) is 64.3 Å². The maximum atomic E-state index is 14.5. The number of nitrogens with zero attached hydrogens (tertiary/aromatic N) is 1. The van der Waals surface area contributed by atoms with E-state index in [4.69, 9.17) is 9.72 Å². The smallest absolute Gasteiger partial charge is 0.309 e. The van der Waals surface area contributed by atoms with E-state index >= 15 is 0 Å². The average Bonchev–Trinajstić information content (AvgIpc) is 3.02. The number of hydrogen-bond acceptors (Lipinski definition) is 4. The number of aromatic nitrogens is 1. The molecule has 4 aromatic rings. The molecule has 0 radical (unpaired) electrons. The van der Waals surface area contributed by atoms with Gasteiger partial charge in [-0.1, -0.05) is 78.3 Å². The molecule has 42 heavy (non-hydrogen) atoms. The Morgan fingerprint density at radius 2 is 1.64 bits per heavy atom. The van der Waals surface area contributed by atoms with Crippen LogP contribution in [0.3, 0.4) is 0 Å². The number of carboxylic acids is 1. The van der Waals surface area contributed by atoms with Crippen LogP contribution in [0.25, 0.3) is 22.2 Å². The van der Waals surface area contributed by atoms with Crippen molar-refractivity contribution < 1.29 is 19.4 Å². The second-order valence-electron chi connectivity index (χ2n) is 11.2. The molecule has 3 saturated carbocycles. The molecule has 6 nitrogen and oxygen atoms in total. The van der Waals surface area contributed by atoms with Crippen LogP contribution < -0.4 is 10.1 Å². The molecule has 2 bridgehead atoms. The van der Waals surface area contributed by atoms with Crippen molar-refractivity contribution in [2.24, 2.45) is 5.41 Å². The van der Waals surface area contributed by atoms with Crippen molar-refractivity contribution in [3.63, 3.8) is 0 Å². The maximum Gasteiger partial charge on any atom is 0.309 e. The van der Waals surface area contributed by atoms with E-state index in [1.165, 1.54) is 0 Å². The predicted molar refractivity (Wildman–Crippen MR) is 170 cm³/mol. The minimum atomic E-state index is -0.789. The van der Waals surface area contributed by atoms with Gasteiger partial charge in [0.15, 0.2) is 0 Å².